The molecule has 7 heteroatoms. The molecule has 3 N–H and O–H groups in total. The van der Waals surface area contributed by atoms with Gasteiger partial charge in [0, 0.05) is 12.1 Å². The van der Waals surface area contributed by atoms with Gasteiger partial charge in [-0.3, -0.25) is 0 Å². The summed E-state index contributed by atoms with van der Waals surface area (Å²) in [5.74, 6) is 0.643. The summed E-state index contributed by atoms with van der Waals surface area (Å²) in [6, 6.07) is 12.4. The van der Waals surface area contributed by atoms with Crippen LogP contribution in [0.3, 0.4) is 0 Å². The number of nitrogens with zero attached hydrogens (tertiary/aromatic N) is 2. The van der Waals surface area contributed by atoms with Crippen LogP contribution in [-0.4, -0.2) is 18.4 Å². The van der Waals surface area contributed by atoms with Crippen molar-refractivity contribution in [3.63, 3.8) is 0 Å². The number of nitrogens with two attached hydrogens (primary N) is 1. The van der Waals surface area contributed by atoms with Crippen molar-refractivity contribution in [1.82, 2.24) is 8.96 Å². The van der Waals surface area contributed by atoms with Crippen LogP contribution >= 0.6 is 11.6 Å². The van der Waals surface area contributed by atoms with Crippen LogP contribution in [-0.2, 0) is 11.0 Å². The van der Waals surface area contributed by atoms with Gasteiger partial charge in [0.15, 0.2) is 16.7 Å². The van der Waals surface area contributed by atoms with Crippen LogP contribution in [0, 0.1) is 6.92 Å². The van der Waals surface area contributed by atoms with Gasteiger partial charge < -0.3 is 0 Å². The maximum absolute atomic E-state index is 12.9. The molecule has 1 aromatic heterocycles. The van der Waals surface area contributed by atoms with E-state index in [-0.39, 0.29) is 0 Å². The molecule has 0 saturated carbocycles. The smallest absolute Gasteiger partial charge is 0.163 e. The number of hydrogen-bond acceptors (Lipinski definition) is 3. The van der Waals surface area contributed by atoms with Gasteiger partial charge in [0.1, 0.15) is 5.82 Å². The first-order valence-corrected chi connectivity index (χ1v) is 7.73. The predicted molar refractivity (Wildman–Crippen MR) is 81.1 cm³/mol. The molecule has 1 unspecified atom stereocenters. The first-order chi connectivity index (χ1) is 10.1. The molecule has 0 aliphatic heterocycles. The van der Waals surface area contributed by atoms with E-state index in [9.17, 15) is 4.21 Å². The van der Waals surface area contributed by atoms with Crippen molar-refractivity contribution in [3.8, 4) is 0 Å². The first-order valence-electron chi connectivity index (χ1n) is 6.25. The molecular weight excluding hydrogens is 310 g/mol. The van der Waals surface area contributed by atoms with E-state index in [1.807, 2.05) is 24.3 Å². The summed E-state index contributed by atoms with van der Waals surface area (Å²) in [6.45, 7) is 1.80. The number of aryl methyl sites for hydroxylation is 1. The summed E-state index contributed by atoms with van der Waals surface area (Å²) in [6.07, 6.45) is 0. The second-order valence-corrected chi connectivity index (χ2v) is 6.22. The Morgan fingerprint density at radius 3 is 2.81 bits per heavy atom. The highest BCUT2D eigenvalue weighted by Crippen LogP contribution is 2.26. The van der Waals surface area contributed by atoms with Gasteiger partial charge in [0.05, 0.1) is 21.0 Å². The Morgan fingerprint density at radius 2 is 2.05 bits per heavy atom. The third-order valence-corrected chi connectivity index (χ3v) is 5.08. The van der Waals surface area contributed by atoms with Gasteiger partial charge in [-0.25, -0.2) is 18.4 Å². The van der Waals surface area contributed by atoms with E-state index in [0.29, 0.717) is 21.4 Å². The van der Waals surface area contributed by atoms with Crippen molar-refractivity contribution < 1.29 is 14.9 Å². The van der Waals surface area contributed by atoms with E-state index >= 15 is 0 Å². The fraction of sp³-hybridized carbons (Fsp3) is 0.0714. The molecule has 0 radical (unpaired) electrons. The number of hydrogen-bond donors (Lipinski definition) is 2. The summed E-state index contributed by atoms with van der Waals surface area (Å²) < 4.78 is 14.5. The Hall–Kier alpha value is -1.73. The topological polar surface area (TPSA) is 71.7 Å². The lowest BCUT2D eigenvalue weighted by Gasteiger charge is -2.08. The molecule has 3 rings (SSSR count). The monoisotopic (exact) mass is 322 g/mol. The molecule has 0 aliphatic rings. The molecule has 0 spiro atoms. The molecule has 0 saturated heterocycles. The normalized spacial score (nSPS) is 12.7. The molecular formula is C14H13ClN3O2S+. The van der Waals surface area contributed by atoms with Crippen molar-refractivity contribution in [1.29, 1.82) is 0 Å². The van der Waals surface area contributed by atoms with Gasteiger partial charge in [0.25, 0.3) is 0 Å². The standard InChI is InChI=1S/C14H12ClN3O2S/c1-9-16-12-4-2-3-5-13(12)18(9)21(20)14-8-10(17-19)6-7-11(14)15/h2-8,17,19H,1H3/p+1. The maximum Gasteiger partial charge on any atom is 0.163 e. The lowest BCUT2D eigenvalue weighted by Crippen LogP contribution is -2.73. The van der Waals surface area contributed by atoms with Crippen LogP contribution in [0.15, 0.2) is 47.4 Å². The second-order valence-electron chi connectivity index (χ2n) is 4.51. The summed E-state index contributed by atoms with van der Waals surface area (Å²) in [5.41, 5.74) is 3.06. The van der Waals surface area contributed by atoms with Crippen LogP contribution in [0.4, 0.5) is 5.69 Å². The summed E-state index contributed by atoms with van der Waals surface area (Å²) in [7, 11) is -1.53. The number of aromatic nitrogens is 2. The summed E-state index contributed by atoms with van der Waals surface area (Å²) >= 11 is 6.15. The molecule has 0 aliphatic carbocycles. The average molecular weight is 323 g/mol. The average Bonchev–Trinajstić information content (AvgIpc) is 2.83. The number of imidazole rings is 1. The van der Waals surface area contributed by atoms with Crippen molar-refractivity contribution >= 4 is 39.3 Å². The SMILES string of the molecule is Cc1nc2ccccc2n1S(=O)c1cc([NH2+]O)ccc1Cl. The summed E-state index contributed by atoms with van der Waals surface area (Å²) in [4.78, 5) is 4.84. The molecule has 2 aromatic carbocycles. The van der Waals surface area contributed by atoms with Crippen LogP contribution in [0.1, 0.15) is 5.82 Å². The van der Waals surface area contributed by atoms with Gasteiger partial charge in [-0.2, -0.15) is 5.48 Å². The molecule has 3 aromatic rings. The zero-order valence-corrected chi connectivity index (χ0v) is 12.7. The molecule has 0 amide bonds. The van der Waals surface area contributed by atoms with E-state index < -0.39 is 11.0 Å². The zero-order chi connectivity index (χ0) is 15.0. The molecule has 0 fully saturated rings. The van der Waals surface area contributed by atoms with E-state index in [1.165, 1.54) is 0 Å². The Labute approximate surface area is 128 Å². The third kappa shape index (κ3) is 2.47. The Morgan fingerprint density at radius 1 is 1.29 bits per heavy atom. The number of rotatable bonds is 3. The zero-order valence-electron chi connectivity index (χ0n) is 11.2. The Kier molecular flexibility index (Phi) is 3.77. The van der Waals surface area contributed by atoms with Crippen molar-refractivity contribution in [2.24, 2.45) is 0 Å². The molecule has 21 heavy (non-hydrogen) atoms. The quantitative estimate of drug-likeness (QED) is 0.573. The number of para-hydroxylation sites is 2. The van der Waals surface area contributed by atoms with Crippen LogP contribution < -0.4 is 5.48 Å². The highest BCUT2D eigenvalue weighted by atomic mass is 35.5. The largest absolute Gasteiger partial charge is 0.241 e. The van der Waals surface area contributed by atoms with Crippen molar-refractivity contribution in [2.45, 2.75) is 11.8 Å². The highest BCUT2D eigenvalue weighted by molar-refractivity contribution is 7.83. The van der Waals surface area contributed by atoms with Crippen molar-refractivity contribution in [2.75, 3.05) is 0 Å². The van der Waals surface area contributed by atoms with E-state index in [0.717, 1.165) is 16.5 Å². The van der Waals surface area contributed by atoms with Gasteiger partial charge >= 0.3 is 0 Å². The van der Waals surface area contributed by atoms with Gasteiger partial charge in [0.2, 0.25) is 0 Å². The van der Waals surface area contributed by atoms with Crippen LogP contribution in [0.5, 0.6) is 0 Å². The number of benzene rings is 2. The lowest BCUT2D eigenvalue weighted by molar-refractivity contribution is -0.825. The second kappa shape index (κ2) is 5.57. The van der Waals surface area contributed by atoms with E-state index in [1.54, 1.807) is 29.1 Å². The summed E-state index contributed by atoms with van der Waals surface area (Å²) in [5, 5.41) is 9.49. The fourth-order valence-corrected chi connectivity index (χ4v) is 3.76. The van der Waals surface area contributed by atoms with Crippen LogP contribution in [0.2, 0.25) is 5.02 Å². The molecule has 108 valence electrons. The van der Waals surface area contributed by atoms with E-state index in [4.69, 9.17) is 16.8 Å². The number of fused-ring (bicyclic) bond motifs is 1. The van der Waals surface area contributed by atoms with Gasteiger partial charge in [-0.1, -0.05) is 23.7 Å². The minimum absolute atomic E-state index is 0.385. The number of halogens is 1. The Balaban J connectivity index is 2.19. The maximum atomic E-state index is 12.9. The fourth-order valence-electron chi connectivity index (χ4n) is 2.17. The molecule has 1 atom stereocenters. The predicted octanol–water partition coefficient (Wildman–Crippen LogP) is 2.15. The molecule has 5 nitrogen and oxygen atoms in total. The van der Waals surface area contributed by atoms with Crippen LogP contribution in [0.25, 0.3) is 11.0 Å². The van der Waals surface area contributed by atoms with Gasteiger partial charge in [-0.05, 0) is 25.1 Å². The highest BCUT2D eigenvalue weighted by Gasteiger charge is 2.18. The minimum Gasteiger partial charge on any atom is -0.241 e. The van der Waals surface area contributed by atoms with Gasteiger partial charge in [-0.15, -0.1) is 0 Å². The molecule has 0 bridgehead atoms. The van der Waals surface area contributed by atoms with E-state index in [2.05, 4.69) is 4.98 Å². The number of quaternary nitrogens is 1. The third-order valence-electron chi connectivity index (χ3n) is 3.13. The van der Waals surface area contributed by atoms with Crippen molar-refractivity contribution in [3.05, 3.63) is 53.3 Å². The molecule has 1 heterocycles. The minimum atomic E-state index is -1.53. The Bertz CT molecular complexity index is 847. The lowest BCUT2D eigenvalue weighted by atomic mass is 10.3. The first kappa shape index (κ1) is 14.2.